The average molecular weight is 359 g/mol. The van der Waals surface area contributed by atoms with E-state index >= 15 is 0 Å². The molecule has 1 N–H and O–H groups in total. The van der Waals surface area contributed by atoms with Crippen molar-refractivity contribution in [2.24, 2.45) is 0 Å². The summed E-state index contributed by atoms with van der Waals surface area (Å²) in [5, 5.41) is 3.48. The van der Waals surface area contributed by atoms with Gasteiger partial charge in [0.25, 0.3) is 5.91 Å². The molecule has 0 aliphatic rings. The Morgan fingerprint density at radius 2 is 1.45 bits per heavy atom. The number of hydrogen-bond acceptors (Lipinski definition) is 3. The molecule has 0 aromatic heterocycles. The molecule has 0 aliphatic heterocycles. The third-order valence-corrected chi connectivity index (χ3v) is 3.86. The van der Waals surface area contributed by atoms with Gasteiger partial charge in [0.05, 0.1) is 33.4 Å². The summed E-state index contributed by atoms with van der Waals surface area (Å²) >= 11 is 17.7. The van der Waals surface area contributed by atoms with Crippen molar-refractivity contribution < 1.29 is 14.3 Å². The van der Waals surface area contributed by atoms with Crippen LogP contribution >= 0.6 is 34.8 Å². The minimum absolute atomic E-state index is 0.272. The molecule has 114 valence electrons. The van der Waals surface area contributed by atoms with Crippen molar-refractivity contribution in [2.45, 2.75) is 0 Å². The van der Waals surface area contributed by atoms with Crippen molar-refractivity contribution in [3.05, 3.63) is 62.6 Å². The summed E-state index contributed by atoms with van der Waals surface area (Å²) in [6.07, 6.45) is 0. The number of carbonyl (C=O) groups is 2. The third kappa shape index (κ3) is 3.71. The van der Waals surface area contributed by atoms with Gasteiger partial charge in [-0.15, -0.1) is 0 Å². The Kier molecular flexibility index (Phi) is 5.29. The number of esters is 1. The quantitative estimate of drug-likeness (QED) is 0.640. The van der Waals surface area contributed by atoms with Crippen LogP contribution in [0.5, 0.6) is 0 Å². The van der Waals surface area contributed by atoms with Crippen LogP contribution in [-0.4, -0.2) is 19.0 Å². The van der Waals surface area contributed by atoms with Gasteiger partial charge in [0.1, 0.15) is 0 Å². The maximum Gasteiger partial charge on any atom is 0.337 e. The summed E-state index contributed by atoms with van der Waals surface area (Å²) in [5.74, 6) is -0.865. The maximum atomic E-state index is 12.2. The summed E-state index contributed by atoms with van der Waals surface area (Å²) in [6.45, 7) is 0. The lowest BCUT2D eigenvalue weighted by Gasteiger charge is -2.09. The zero-order valence-electron chi connectivity index (χ0n) is 11.3. The maximum absolute atomic E-state index is 12.2. The molecule has 0 radical (unpaired) electrons. The Morgan fingerprint density at radius 1 is 0.909 bits per heavy atom. The Labute approximate surface area is 141 Å². The van der Waals surface area contributed by atoms with Gasteiger partial charge in [-0.05, 0) is 36.4 Å². The molecule has 22 heavy (non-hydrogen) atoms. The number of carbonyl (C=O) groups excluding carboxylic acids is 2. The number of benzene rings is 2. The van der Waals surface area contributed by atoms with Crippen molar-refractivity contribution >= 4 is 52.4 Å². The Balaban J connectivity index is 2.19. The first-order valence-electron chi connectivity index (χ1n) is 6.06. The lowest BCUT2D eigenvalue weighted by atomic mass is 10.1. The van der Waals surface area contributed by atoms with Gasteiger partial charge in [-0.3, -0.25) is 4.79 Å². The lowest BCUT2D eigenvalue weighted by Crippen LogP contribution is -2.12. The zero-order valence-corrected chi connectivity index (χ0v) is 13.6. The van der Waals surface area contributed by atoms with E-state index in [0.29, 0.717) is 21.8 Å². The second-order valence-electron chi connectivity index (χ2n) is 4.27. The fraction of sp³-hybridized carbons (Fsp3) is 0.0667. The van der Waals surface area contributed by atoms with E-state index in [1.165, 1.54) is 43.5 Å². The van der Waals surface area contributed by atoms with Crippen LogP contribution in [0.4, 0.5) is 5.69 Å². The normalized spacial score (nSPS) is 10.2. The molecule has 0 saturated heterocycles. The molecular formula is C15H10Cl3NO3. The van der Waals surface area contributed by atoms with Crippen LogP contribution in [0.15, 0.2) is 36.4 Å². The minimum Gasteiger partial charge on any atom is -0.465 e. The first kappa shape index (κ1) is 16.6. The number of rotatable bonds is 3. The average Bonchev–Trinajstić information content (AvgIpc) is 2.52. The molecule has 2 aromatic rings. The summed E-state index contributed by atoms with van der Waals surface area (Å²) in [6, 6.07) is 8.92. The van der Waals surface area contributed by atoms with Gasteiger partial charge < -0.3 is 10.1 Å². The van der Waals surface area contributed by atoms with Gasteiger partial charge in [0.15, 0.2) is 0 Å². The largest absolute Gasteiger partial charge is 0.465 e. The molecular weight excluding hydrogens is 349 g/mol. The molecule has 2 rings (SSSR count). The number of ether oxygens (including phenoxy) is 1. The summed E-state index contributed by atoms with van der Waals surface area (Å²) in [7, 11) is 1.29. The van der Waals surface area contributed by atoms with Crippen LogP contribution in [0, 0.1) is 0 Å². The Bertz CT molecular complexity index is 730. The van der Waals surface area contributed by atoms with Crippen LogP contribution in [0.3, 0.4) is 0 Å². The highest BCUT2D eigenvalue weighted by molar-refractivity contribution is 6.44. The first-order chi connectivity index (χ1) is 10.4. The molecule has 0 spiro atoms. The standard InChI is InChI=1S/C15H10Cl3NO3/c1-22-15(21)9-4-2-8(3-5-9)14(20)19-13-7-11(17)10(16)6-12(13)18/h2-7H,1H3,(H,19,20). The van der Waals surface area contributed by atoms with Crippen LogP contribution in [0.1, 0.15) is 20.7 Å². The number of halogens is 3. The summed E-state index contributed by atoms with van der Waals surface area (Å²) in [4.78, 5) is 23.5. The second kappa shape index (κ2) is 7.01. The highest BCUT2D eigenvalue weighted by Gasteiger charge is 2.12. The molecule has 1 amide bonds. The van der Waals surface area contributed by atoms with E-state index in [9.17, 15) is 9.59 Å². The van der Waals surface area contributed by atoms with Gasteiger partial charge in [0.2, 0.25) is 0 Å². The number of nitrogens with one attached hydrogen (secondary N) is 1. The highest BCUT2D eigenvalue weighted by Crippen LogP contribution is 2.32. The number of methoxy groups -OCH3 is 1. The predicted octanol–water partition coefficient (Wildman–Crippen LogP) is 4.69. The van der Waals surface area contributed by atoms with E-state index in [1.807, 2.05) is 0 Å². The van der Waals surface area contributed by atoms with E-state index in [0.717, 1.165) is 0 Å². The van der Waals surface area contributed by atoms with Crippen molar-refractivity contribution in [1.82, 2.24) is 0 Å². The Morgan fingerprint density at radius 3 is 2.05 bits per heavy atom. The summed E-state index contributed by atoms with van der Waals surface area (Å²) < 4.78 is 4.59. The molecule has 0 aliphatic carbocycles. The molecule has 0 atom stereocenters. The van der Waals surface area contributed by atoms with Crippen LogP contribution in [0.2, 0.25) is 15.1 Å². The molecule has 2 aromatic carbocycles. The Hall–Kier alpha value is -1.75. The fourth-order valence-corrected chi connectivity index (χ4v) is 2.28. The van der Waals surface area contributed by atoms with E-state index in [2.05, 4.69) is 10.1 Å². The molecule has 0 bridgehead atoms. The summed E-state index contributed by atoms with van der Waals surface area (Å²) in [5.41, 5.74) is 1.06. The van der Waals surface area contributed by atoms with Gasteiger partial charge >= 0.3 is 5.97 Å². The van der Waals surface area contributed by atoms with E-state index in [4.69, 9.17) is 34.8 Å². The number of anilines is 1. The lowest BCUT2D eigenvalue weighted by molar-refractivity contribution is 0.0600. The van der Waals surface area contributed by atoms with Gasteiger partial charge in [-0.1, -0.05) is 34.8 Å². The van der Waals surface area contributed by atoms with Crippen LogP contribution < -0.4 is 5.32 Å². The molecule has 7 heteroatoms. The highest BCUT2D eigenvalue weighted by atomic mass is 35.5. The number of amides is 1. The van der Waals surface area contributed by atoms with E-state index < -0.39 is 11.9 Å². The fourth-order valence-electron chi connectivity index (χ4n) is 1.69. The van der Waals surface area contributed by atoms with Gasteiger partial charge in [-0.2, -0.15) is 0 Å². The van der Waals surface area contributed by atoms with Crippen LogP contribution in [0.25, 0.3) is 0 Å². The molecule has 0 unspecified atom stereocenters. The third-order valence-electron chi connectivity index (χ3n) is 2.83. The smallest absolute Gasteiger partial charge is 0.337 e. The monoisotopic (exact) mass is 357 g/mol. The zero-order chi connectivity index (χ0) is 16.3. The minimum atomic E-state index is -0.473. The van der Waals surface area contributed by atoms with E-state index in [1.54, 1.807) is 0 Å². The van der Waals surface area contributed by atoms with Crippen molar-refractivity contribution in [3.63, 3.8) is 0 Å². The second-order valence-corrected chi connectivity index (χ2v) is 5.49. The number of hydrogen-bond donors (Lipinski definition) is 1. The predicted molar refractivity (Wildman–Crippen MR) is 87.2 cm³/mol. The molecule has 4 nitrogen and oxygen atoms in total. The van der Waals surface area contributed by atoms with Crippen molar-refractivity contribution in [1.29, 1.82) is 0 Å². The molecule has 0 fully saturated rings. The topological polar surface area (TPSA) is 55.4 Å². The van der Waals surface area contributed by atoms with E-state index in [-0.39, 0.29) is 10.0 Å². The van der Waals surface area contributed by atoms with Crippen molar-refractivity contribution in [2.75, 3.05) is 12.4 Å². The molecule has 0 heterocycles. The SMILES string of the molecule is COC(=O)c1ccc(C(=O)Nc2cc(Cl)c(Cl)cc2Cl)cc1. The van der Waals surface area contributed by atoms with Gasteiger partial charge in [-0.25, -0.2) is 4.79 Å². The van der Waals surface area contributed by atoms with Gasteiger partial charge in [0, 0.05) is 5.56 Å². The van der Waals surface area contributed by atoms with Crippen molar-refractivity contribution in [3.8, 4) is 0 Å². The molecule has 0 saturated carbocycles. The first-order valence-corrected chi connectivity index (χ1v) is 7.20. The van der Waals surface area contributed by atoms with Crippen LogP contribution in [-0.2, 0) is 4.74 Å².